The summed E-state index contributed by atoms with van der Waals surface area (Å²) in [5.41, 5.74) is 0.286. The normalized spacial score (nSPS) is 11.2. The van der Waals surface area contributed by atoms with Crippen molar-refractivity contribution < 1.29 is 13.2 Å². The molecule has 0 spiro atoms. The summed E-state index contributed by atoms with van der Waals surface area (Å²) in [6.07, 6.45) is 0. The van der Waals surface area contributed by atoms with Gasteiger partial charge in [0.15, 0.2) is 0 Å². The molecular weight excluding hydrogens is 369 g/mol. The SMILES string of the molecule is O=C(Cl)CN(c1ccc(Cl)cc1)S(=O)(=O)c1ccc(Cl)cc1. The number of carbonyl (C=O) groups is 1. The Morgan fingerprint density at radius 1 is 0.909 bits per heavy atom. The third kappa shape index (κ3) is 3.93. The highest BCUT2D eigenvalue weighted by molar-refractivity contribution is 7.92. The second-order valence-corrected chi connectivity index (χ2v) is 7.45. The number of hydrogen-bond acceptors (Lipinski definition) is 3. The van der Waals surface area contributed by atoms with Crippen LogP contribution in [-0.4, -0.2) is 20.2 Å². The molecule has 0 saturated heterocycles. The lowest BCUT2D eigenvalue weighted by atomic mass is 10.3. The number of halogens is 3. The Labute approximate surface area is 143 Å². The number of rotatable bonds is 5. The number of sulfonamides is 1. The van der Waals surface area contributed by atoms with Gasteiger partial charge < -0.3 is 0 Å². The van der Waals surface area contributed by atoms with E-state index >= 15 is 0 Å². The Hall–Kier alpha value is -1.27. The van der Waals surface area contributed by atoms with Crippen LogP contribution in [0.15, 0.2) is 53.4 Å². The van der Waals surface area contributed by atoms with E-state index in [-0.39, 0.29) is 10.6 Å². The first-order valence-corrected chi connectivity index (χ1v) is 8.60. The average molecular weight is 379 g/mol. The zero-order chi connectivity index (χ0) is 16.3. The largest absolute Gasteiger partial charge is 0.279 e. The van der Waals surface area contributed by atoms with Crippen molar-refractivity contribution >= 4 is 55.8 Å². The number of hydrogen-bond donors (Lipinski definition) is 0. The monoisotopic (exact) mass is 377 g/mol. The summed E-state index contributed by atoms with van der Waals surface area (Å²) in [7, 11) is -3.95. The maximum Gasteiger partial charge on any atom is 0.264 e. The standard InChI is InChI=1S/C14H10Cl3NO3S/c15-10-1-5-12(6-2-10)18(9-14(17)19)22(20,21)13-7-3-11(16)4-8-13/h1-8H,9H2. The summed E-state index contributed by atoms with van der Waals surface area (Å²) in [5.74, 6) is 0. The summed E-state index contributed by atoms with van der Waals surface area (Å²) >= 11 is 16.9. The maximum atomic E-state index is 12.7. The molecule has 0 aliphatic heterocycles. The minimum absolute atomic E-state index is 0.00441. The summed E-state index contributed by atoms with van der Waals surface area (Å²) in [6, 6.07) is 11.7. The number of benzene rings is 2. The Balaban J connectivity index is 2.50. The smallest absolute Gasteiger partial charge is 0.264 e. The van der Waals surface area contributed by atoms with Gasteiger partial charge in [0.05, 0.1) is 10.6 Å². The zero-order valence-corrected chi connectivity index (χ0v) is 14.1. The minimum Gasteiger partial charge on any atom is -0.279 e. The molecule has 2 aromatic carbocycles. The van der Waals surface area contributed by atoms with E-state index in [9.17, 15) is 13.2 Å². The van der Waals surface area contributed by atoms with Crippen molar-refractivity contribution in [2.24, 2.45) is 0 Å². The molecule has 0 amide bonds. The van der Waals surface area contributed by atoms with Crippen molar-refractivity contribution in [3.63, 3.8) is 0 Å². The Morgan fingerprint density at radius 2 is 1.36 bits per heavy atom. The van der Waals surface area contributed by atoms with Crippen LogP contribution < -0.4 is 4.31 Å². The van der Waals surface area contributed by atoms with Crippen molar-refractivity contribution in [2.45, 2.75) is 4.90 Å². The van der Waals surface area contributed by atoms with E-state index in [4.69, 9.17) is 34.8 Å². The van der Waals surface area contributed by atoms with Crippen LogP contribution in [0.4, 0.5) is 5.69 Å². The molecule has 0 aromatic heterocycles. The third-order valence-electron chi connectivity index (χ3n) is 2.78. The third-order valence-corrected chi connectivity index (χ3v) is 5.20. The second kappa shape index (κ2) is 6.87. The van der Waals surface area contributed by atoms with Crippen LogP contribution in [0.2, 0.25) is 10.0 Å². The Morgan fingerprint density at radius 3 is 1.82 bits per heavy atom. The molecule has 2 rings (SSSR count). The van der Waals surface area contributed by atoms with Gasteiger partial charge in [-0.1, -0.05) is 23.2 Å². The lowest BCUT2D eigenvalue weighted by Crippen LogP contribution is -2.34. The minimum atomic E-state index is -3.95. The molecule has 0 N–H and O–H groups in total. The highest BCUT2D eigenvalue weighted by Gasteiger charge is 2.26. The van der Waals surface area contributed by atoms with Crippen LogP contribution >= 0.6 is 34.8 Å². The van der Waals surface area contributed by atoms with Crippen LogP contribution in [0, 0.1) is 0 Å². The van der Waals surface area contributed by atoms with Crippen LogP contribution in [0.5, 0.6) is 0 Å². The van der Waals surface area contributed by atoms with E-state index in [1.807, 2.05) is 0 Å². The molecule has 0 unspecified atom stereocenters. The lowest BCUT2D eigenvalue weighted by molar-refractivity contribution is -0.110. The molecule has 22 heavy (non-hydrogen) atoms. The van der Waals surface area contributed by atoms with Gasteiger partial charge >= 0.3 is 0 Å². The predicted octanol–water partition coefficient (Wildman–Crippen LogP) is 3.95. The van der Waals surface area contributed by atoms with E-state index in [1.54, 1.807) is 0 Å². The van der Waals surface area contributed by atoms with Crippen LogP contribution in [0.3, 0.4) is 0 Å². The molecule has 0 bridgehead atoms. The van der Waals surface area contributed by atoms with Crippen molar-refractivity contribution in [3.05, 3.63) is 58.6 Å². The highest BCUT2D eigenvalue weighted by atomic mass is 35.5. The lowest BCUT2D eigenvalue weighted by Gasteiger charge is -2.23. The van der Waals surface area contributed by atoms with Crippen LogP contribution in [0.25, 0.3) is 0 Å². The van der Waals surface area contributed by atoms with E-state index in [2.05, 4.69) is 0 Å². The van der Waals surface area contributed by atoms with Crippen molar-refractivity contribution in [1.82, 2.24) is 0 Å². The average Bonchev–Trinajstić information content (AvgIpc) is 2.46. The Kier molecular flexibility index (Phi) is 5.34. The molecule has 0 aliphatic carbocycles. The maximum absolute atomic E-state index is 12.7. The van der Waals surface area contributed by atoms with Gasteiger partial charge in [-0.3, -0.25) is 9.10 Å². The fraction of sp³-hybridized carbons (Fsp3) is 0.0714. The first kappa shape index (κ1) is 17.1. The molecule has 0 aliphatic rings. The predicted molar refractivity (Wildman–Crippen MR) is 88.3 cm³/mol. The molecule has 0 heterocycles. The van der Waals surface area contributed by atoms with Crippen LogP contribution in [-0.2, 0) is 14.8 Å². The van der Waals surface area contributed by atoms with Gasteiger partial charge in [-0.2, -0.15) is 0 Å². The van der Waals surface area contributed by atoms with Crippen molar-refractivity contribution in [1.29, 1.82) is 0 Å². The molecule has 2 aromatic rings. The summed E-state index contributed by atoms with van der Waals surface area (Å²) in [4.78, 5) is 11.2. The van der Waals surface area contributed by atoms with Crippen molar-refractivity contribution in [3.8, 4) is 0 Å². The first-order valence-electron chi connectivity index (χ1n) is 6.03. The van der Waals surface area contributed by atoms with E-state index in [0.717, 1.165) is 4.31 Å². The fourth-order valence-corrected chi connectivity index (χ4v) is 3.63. The number of carbonyl (C=O) groups excluding carboxylic acids is 1. The molecular formula is C14H10Cl3NO3S. The topological polar surface area (TPSA) is 54.5 Å². The van der Waals surface area contributed by atoms with Gasteiger partial charge in [0.1, 0.15) is 6.54 Å². The van der Waals surface area contributed by atoms with Gasteiger partial charge in [-0.25, -0.2) is 8.42 Å². The fourth-order valence-electron chi connectivity index (χ4n) is 1.77. The molecule has 4 nitrogen and oxygen atoms in total. The molecule has 0 radical (unpaired) electrons. The summed E-state index contributed by atoms with van der Waals surface area (Å²) in [5, 5.41) is 0.0580. The van der Waals surface area contributed by atoms with Gasteiger partial charge in [0.25, 0.3) is 10.0 Å². The summed E-state index contributed by atoms with van der Waals surface area (Å²) < 4.78 is 26.3. The summed E-state index contributed by atoms with van der Waals surface area (Å²) in [6.45, 7) is -0.492. The van der Waals surface area contributed by atoms with Gasteiger partial charge in [-0.15, -0.1) is 0 Å². The van der Waals surface area contributed by atoms with E-state index in [1.165, 1.54) is 48.5 Å². The van der Waals surface area contributed by atoms with Gasteiger partial charge in [-0.05, 0) is 60.1 Å². The van der Waals surface area contributed by atoms with Crippen LogP contribution in [0.1, 0.15) is 0 Å². The highest BCUT2D eigenvalue weighted by Crippen LogP contribution is 2.26. The zero-order valence-electron chi connectivity index (χ0n) is 11.0. The van der Waals surface area contributed by atoms with Crippen molar-refractivity contribution in [2.75, 3.05) is 10.8 Å². The van der Waals surface area contributed by atoms with E-state index in [0.29, 0.717) is 10.0 Å². The first-order chi connectivity index (χ1) is 10.3. The van der Waals surface area contributed by atoms with Gasteiger partial charge in [0.2, 0.25) is 5.24 Å². The Bertz CT molecular complexity index is 774. The quantitative estimate of drug-likeness (QED) is 0.740. The van der Waals surface area contributed by atoms with Gasteiger partial charge in [0, 0.05) is 10.0 Å². The number of nitrogens with zero attached hydrogens (tertiary/aromatic N) is 1. The molecule has 8 heteroatoms. The molecule has 0 fully saturated rings. The number of anilines is 1. The van der Waals surface area contributed by atoms with E-state index < -0.39 is 21.8 Å². The molecule has 0 atom stereocenters. The molecule has 116 valence electrons. The second-order valence-electron chi connectivity index (χ2n) is 4.30. The molecule has 0 saturated carbocycles.